The molecule has 0 spiro atoms. The number of thiophene rings is 1. The van der Waals surface area contributed by atoms with Crippen molar-refractivity contribution in [3.05, 3.63) is 51.7 Å². The van der Waals surface area contributed by atoms with Gasteiger partial charge < -0.3 is 0 Å². The van der Waals surface area contributed by atoms with Gasteiger partial charge in [-0.15, -0.1) is 21.5 Å². The van der Waals surface area contributed by atoms with Gasteiger partial charge in [0.15, 0.2) is 11.0 Å². The molecule has 0 saturated heterocycles. The van der Waals surface area contributed by atoms with Crippen LogP contribution < -0.4 is 5.43 Å². The molecule has 1 aromatic carbocycles. The Labute approximate surface area is 191 Å². The monoisotopic (exact) mass is 453 g/mol. The second kappa shape index (κ2) is 10.2. The third-order valence-electron chi connectivity index (χ3n) is 5.52. The Morgan fingerprint density at radius 1 is 1.19 bits per heavy atom. The number of aryl methyl sites for hydroxylation is 2. The number of hydrazone groups is 1. The van der Waals surface area contributed by atoms with Crippen molar-refractivity contribution in [2.24, 2.45) is 5.10 Å². The quantitative estimate of drug-likeness (QED) is 0.296. The van der Waals surface area contributed by atoms with E-state index in [0.717, 1.165) is 39.8 Å². The van der Waals surface area contributed by atoms with Crippen LogP contribution in [0.3, 0.4) is 0 Å². The topological polar surface area (TPSA) is 72.2 Å². The van der Waals surface area contributed by atoms with E-state index in [4.69, 9.17) is 0 Å². The van der Waals surface area contributed by atoms with Crippen molar-refractivity contribution in [2.75, 3.05) is 5.75 Å². The third kappa shape index (κ3) is 5.43. The van der Waals surface area contributed by atoms with Gasteiger partial charge >= 0.3 is 0 Å². The SMILES string of the molecule is Cc1ccc(-c2nnc(SCC(=O)N/N=C\c3sccc3C)n2C2CCCCC2)cc1. The minimum atomic E-state index is -0.148. The molecule has 0 bridgehead atoms. The summed E-state index contributed by atoms with van der Waals surface area (Å²) in [5.41, 5.74) is 6.06. The van der Waals surface area contributed by atoms with Crippen molar-refractivity contribution in [1.29, 1.82) is 0 Å². The Bertz CT molecular complexity index is 1050. The number of hydrogen-bond acceptors (Lipinski definition) is 6. The zero-order valence-electron chi connectivity index (χ0n) is 17.9. The van der Waals surface area contributed by atoms with Crippen molar-refractivity contribution in [2.45, 2.75) is 57.1 Å². The van der Waals surface area contributed by atoms with E-state index in [-0.39, 0.29) is 11.7 Å². The number of carbonyl (C=O) groups excluding carboxylic acids is 1. The van der Waals surface area contributed by atoms with Gasteiger partial charge in [-0.1, -0.05) is 60.9 Å². The fourth-order valence-corrected chi connectivity index (χ4v) is 5.37. The highest BCUT2D eigenvalue weighted by atomic mass is 32.2. The Balaban J connectivity index is 1.47. The molecule has 31 heavy (non-hydrogen) atoms. The molecular formula is C23H27N5OS2. The van der Waals surface area contributed by atoms with E-state index in [9.17, 15) is 4.79 Å². The second-order valence-electron chi connectivity index (χ2n) is 7.88. The minimum Gasteiger partial charge on any atom is -0.299 e. The molecule has 1 aliphatic rings. The summed E-state index contributed by atoms with van der Waals surface area (Å²) in [4.78, 5) is 13.4. The lowest BCUT2D eigenvalue weighted by molar-refractivity contribution is -0.118. The molecule has 0 atom stereocenters. The average molecular weight is 454 g/mol. The lowest BCUT2D eigenvalue weighted by Gasteiger charge is -2.25. The van der Waals surface area contributed by atoms with Gasteiger partial charge in [0.05, 0.1) is 12.0 Å². The van der Waals surface area contributed by atoms with Crippen LogP contribution in [0.15, 0.2) is 46.0 Å². The van der Waals surface area contributed by atoms with Gasteiger partial charge in [0, 0.05) is 16.5 Å². The molecule has 0 unspecified atom stereocenters. The highest BCUT2D eigenvalue weighted by Crippen LogP contribution is 2.35. The normalized spacial score (nSPS) is 14.9. The zero-order chi connectivity index (χ0) is 21.6. The first-order valence-electron chi connectivity index (χ1n) is 10.6. The maximum atomic E-state index is 12.3. The molecule has 1 N–H and O–H groups in total. The van der Waals surface area contributed by atoms with Gasteiger partial charge in [0.25, 0.3) is 5.91 Å². The van der Waals surface area contributed by atoms with Crippen molar-refractivity contribution in [1.82, 2.24) is 20.2 Å². The highest BCUT2D eigenvalue weighted by molar-refractivity contribution is 7.99. The highest BCUT2D eigenvalue weighted by Gasteiger charge is 2.24. The molecule has 162 valence electrons. The fourth-order valence-electron chi connectivity index (χ4n) is 3.79. The van der Waals surface area contributed by atoms with Crippen LogP contribution in [0.1, 0.15) is 54.1 Å². The van der Waals surface area contributed by atoms with Crippen LogP contribution in [0.4, 0.5) is 0 Å². The molecule has 1 amide bonds. The van der Waals surface area contributed by atoms with E-state index in [2.05, 4.69) is 56.5 Å². The molecule has 4 rings (SSSR count). The third-order valence-corrected chi connectivity index (χ3v) is 7.42. The Morgan fingerprint density at radius 3 is 2.68 bits per heavy atom. The molecule has 6 nitrogen and oxygen atoms in total. The van der Waals surface area contributed by atoms with Crippen LogP contribution >= 0.6 is 23.1 Å². The first-order chi connectivity index (χ1) is 15.1. The Morgan fingerprint density at radius 2 is 1.97 bits per heavy atom. The molecule has 1 fully saturated rings. The minimum absolute atomic E-state index is 0.148. The number of nitrogens with zero attached hydrogens (tertiary/aromatic N) is 4. The standard InChI is InChI=1S/C23H27N5OS2/c1-16-8-10-18(11-9-16)22-26-27-23(28(22)19-6-4-3-5-7-19)31-15-21(29)25-24-14-20-17(2)12-13-30-20/h8-14,19H,3-7,15H2,1-2H3,(H,25,29)/b24-14-. The summed E-state index contributed by atoms with van der Waals surface area (Å²) >= 11 is 3.03. The number of carbonyl (C=O) groups is 1. The summed E-state index contributed by atoms with van der Waals surface area (Å²) in [6.07, 6.45) is 7.67. The summed E-state index contributed by atoms with van der Waals surface area (Å²) in [6.45, 7) is 4.11. The van der Waals surface area contributed by atoms with E-state index in [1.54, 1.807) is 17.6 Å². The summed E-state index contributed by atoms with van der Waals surface area (Å²) < 4.78 is 2.25. The van der Waals surface area contributed by atoms with Crippen molar-refractivity contribution in [3.63, 3.8) is 0 Å². The molecule has 1 saturated carbocycles. The maximum Gasteiger partial charge on any atom is 0.250 e. The van der Waals surface area contributed by atoms with Crippen LogP contribution in [0.25, 0.3) is 11.4 Å². The van der Waals surface area contributed by atoms with Crippen LogP contribution in [0, 0.1) is 13.8 Å². The molecule has 8 heteroatoms. The Kier molecular flexibility index (Phi) is 7.19. The molecule has 3 aromatic rings. The zero-order valence-corrected chi connectivity index (χ0v) is 19.5. The van der Waals surface area contributed by atoms with Crippen molar-refractivity contribution < 1.29 is 4.79 Å². The molecule has 2 heterocycles. The average Bonchev–Trinajstić information content (AvgIpc) is 3.39. The molecule has 0 radical (unpaired) electrons. The number of benzene rings is 1. The second-order valence-corrected chi connectivity index (χ2v) is 9.77. The predicted octanol–water partition coefficient (Wildman–Crippen LogP) is 5.37. The number of nitrogens with one attached hydrogen (secondary N) is 1. The first kappa shape index (κ1) is 21.8. The number of rotatable bonds is 7. The van der Waals surface area contributed by atoms with Gasteiger partial charge in [-0.3, -0.25) is 9.36 Å². The lowest BCUT2D eigenvalue weighted by Crippen LogP contribution is -2.20. The van der Waals surface area contributed by atoms with Crippen molar-refractivity contribution >= 4 is 35.2 Å². The lowest BCUT2D eigenvalue weighted by atomic mass is 9.95. The first-order valence-corrected chi connectivity index (χ1v) is 12.5. The van der Waals surface area contributed by atoms with Crippen LogP contribution in [0.2, 0.25) is 0 Å². The number of hydrogen-bond donors (Lipinski definition) is 1. The fraction of sp³-hybridized carbons (Fsp3) is 0.391. The van der Waals surface area contributed by atoms with Gasteiger partial charge in [0.1, 0.15) is 0 Å². The van der Waals surface area contributed by atoms with E-state index in [1.165, 1.54) is 36.6 Å². The molecule has 0 aliphatic heterocycles. The van der Waals surface area contributed by atoms with E-state index >= 15 is 0 Å². The molecule has 1 aliphatic carbocycles. The Hall–Kier alpha value is -2.45. The largest absolute Gasteiger partial charge is 0.299 e. The summed E-state index contributed by atoms with van der Waals surface area (Å²) in [6, 6.07) is 10.8. The summed E-state index contributed by atoms with van der Waals surface area (Å²) in [5.74, 6) is 0.992. The van der Waals surface area contributed by atoms with Crippen molar-refractivity contribution in [3.8, 4) is 11.4 Å². The predicted molar refractivity (Wildman–Crippen MR) is 128 cm³/mol. The van der Waals surface area contributed by atoms with Crippen LogP contribution in [-0.4, -0.2) is 32.6 Å². The van der Waals surface area contributed by atoms with Gasteiger partial charge in [-0.05, 0) is 43.7 Å². The van der Waals surface area contributed by atoms with E-state index in [0.29, 0.717) is 6.04 Å². The van der Waals surface area contributed by atoms with Crippen LogP contribution in [0.5, 0.6) is 0 Å². The smallest absolute Gasteiger partial charge is 0.250 e. The maximum absolute atomic E-state index is 12.3. The number of aromatic nitrogens is 3. The van der Waals surface area contributed by atoms with Gasteiger partial charge in [0.2, 0.25) is 0 Å². The van der Waals surface area contributed by atoms with Gasteiger partial charge in [-0.25, -0.2) is 5.43 Å². The van der Waals surface area contributed by atoms with Crippen LogP contribution in [-0.2, 0) is 4.79 Å². The van der Waals surface area contributed by atoms with E-state index < -0.39 is 0 Å². The van der Waals surface area contributed by atoms with E-state index in [1.807, 2.05) is 18.4 Å². The molecular weight excluding hydrogens is 426 g/mol. The van der Waals surface area contributed by atoms with Gasteiger partial charge in [-0.2, -0.15) is 5.10 Å². The number of amides is 1. The summed E-state index contributed by atoms with van der Waals surface area (Å²) in [7, 11) is 0. The molecule has 2 aromatic heterocycles. The number of thioether (sulfide) groups is 1. The summed E-state index contributed by atoms with van der Waals surface area (Å²) in [5, 5.41) is 15.9.